The first-order chi connectivity index (χ1) is 14.4. The Morgan fingerprint density at radius 1 is 0.967 bits per heavy atom. The van der Waals surface area contributed by atoms with Gasteiger partial charge in [0.25, 0.3) is 11.7 Å². The van der Waals surface area contributed by atoms with E-state index in [1.54, 1.807) is 30.6 Å². The number of carbonyl (C=O) groups excluding carboxylic acids is 2. The Kier molecular flexibility index (Phi) is 4.96. The summed E-state index contributed by atoms with van der Waals surface area (Å²) in [4.78, 5) is 31.9. The van der Waals surface area contributed by atoms with Crippen LogP contribution in [0.2, 0.25) is 0 Å². The molecule has 1 amide bonds. The first-order valence-electron chi connectivity index (χ1n) is 9.74. The molecule has 0 aliphatic carbocycles. The summed E-state index contributed by atoms with van der Waals surface area (Å²) < 4.78 is 0. The summed E-state index contributed by atoms with van der Waals surface area (Å²) in [5.41, 5.74) is 4.82. The van der Waals surface area contributed by atoms with E-state index in [0.29, 0.717) is 16.8 Å². The van der Waals surface area contributed by atoms with E-state index in [2.05, 4.69) is 4.98 Å². The van der Waals surface area contributed by atoms with Crippen LogP contribution in [-0.2, 0) is 9.59 Å². The maximum absolute atomic E-state index is 13.2. The average Bonchev–Trinajstić information content (AvgIpc) is 3.01. The number of pyridine rings is 1. The summed E-state index contributed by atoms with van der Waals surface area (Å²) in [6.45, 7) is 5.82. The predicted molar refractivity (Wildman–Crippen MR) is 116 cm³/mol. The summed E-state index contributed by atoms with van der Waals surface area (Å²) >= 11 is 0. The standard InChI is InChI=1S/C25H22N2O3/c1-15-9-11-18(12-10-15)23(28)21-22(19-7-5-13-26-14-19)27(25(30)24(21)29)20-8-4-6-16(2)17(20)3/h4-14,22,28H,1-3H3/b23-21+. The van der Waals surface area contributed by atoms with Crippen LogP contribution in [-0.4, -0.2) is 21.8 Å². The Morgan fingerprint density at radius 2 is 1.70 bits per heavy atom. The van der Waals surface area contributed by atoms with Crippen LogP contribution in [0.4, 0.5) is 5.69 Å². The van der Waals surface area contributed by atoms with Gasteiger partial charge in [-0.15, -0.1) is 0 Å². The summed E-state index contributed by atoms with van der Waals surface area (Å²) in [7, 11) is 0. The highest BCUT2D eigenvalue weighted by Crippen LogP contribution is 2.43. The van der Waals surface area contributed by atoms with Gasteiger partial charge < -0.3 is 5.11 Å². The minimum atomic E-state index is -0.763. The summed E-state index contributed by atoms with van der Waals surface area (Å²) in [5.74, 6) is -1.55. The molecule has 2 heterocycles. The molecule has 0 spiro atoms. The second-order valence-corrected chi connectivity index (χ2v) is 7.54. The molecule has 1 aliphatic heterocycles. The van der Waals surface area contributed by atoms with Crippen molar-refractivity contribution in [3.8, 4) is 0 Å². The van der Waals surface area contributed by atoms with Gasteiger partial charge in [-0.1, -0.05) is 48.0 Å². The van der Waals surface area contributed by atoms with Crippen LogP contribution in [0.25, 0.3) is 5.76 Å². The third-order valence-electron chi connectivity index (χ3n) is 5.61. The van der Waals surface area contributed by atoms with E-state index in [0.717, 1.165) is 16.7 Å². The molecule has 1 atom stereocenters. The Balaban J connectivity index is 1.97. The third-order valence-corrected chi connectivity index (χ3v) is 5.61. The molecule has 0 saturated carbocycles. The van der Waals surface area contributed by atoms with E-state index in [9.17, 15) is 14.7 Å². The summed E-state index contributed by atoms with van der Waals surface area (Å²) in [6.07, 6.45) is 3.25. The van der Waals surface area contributed by atoms with Crippen LogP contribution in [0.3, 0.4) is 0 Å². The van der Waals surface area contributed by atoms with E-state index in [1.807, 2.05) is 57.2 Å². The fraction of sp³-hybridized carbons (Fsp3) is 0.160. The van der Waals surface area contributed by atoms with Crippen molar-refractivity contribution in [3.63, 3.8) is 0 Å². The Hall–Kier alpha value is -3.73. The van der Waals surface area contributed by atoms with Gasteiger partial charge in [0.2, 0.25) is 0 Å². The monoisotopic (exact) mass is 398 g/mol. The molecule has 5 nitrogen and oxygen atoms in total. The van der Waals surface area contributed by atoms with Crippen molar-refractivity contribution >= 4 is 23.1 Å². The van der Waals surface area contributed by atoms with Gasteiger partial charge in [-0.05, 0) is 49.6 Å². The third kappa shape index (κ3) is 3.18. The van der Waals surface area contributed by atoms with Crippen LogP contribution in [0.15, 0.2) is 72.6 Å². The van der Waals surface area contributed by atoms with Gasteiger partial charge in [0.15, 0.2) is 0 Å². The number of amides is 1. The number of aromatic nitrogens is 1. The molecule has 4 rings (SSSR count). The zero-order chi connectivity index (χ0) is 21.4. The number of carbonyl (C=O) groups is 2. The van der Waals surface area contributed by atoms with Crippen LogP contribution in [0, 0.1) is 20.8 Å². The molecule has 5 heteroatoms. The normalized spacial score (nSPS) is 18.1. The fourth-order valence-electron chi connectivity index (χ4n) is 3.80. The molecule has 30 heavy (non-hydrogen) atoms. The van der Waals surface area contributed by atoms with E-state index in [1.165, 1.54) is 4.90 Å². The highest BCUT2D eigenvalue weighted by atomic mass is 16.3. The Morgan fingerprint density at radius 3 is 2.37 bits per heavy atom. The highest BCUT2D eigenvalue weighted by molar-refractivity contribution is 6.51. The van der Waals surface area contributed by atoms with E-state index < -0.39 is 17.7 Å². The number of hydrogen-bond acceptors (Lipinski definition) is 4. The van der Waals surface area contributed by atoms with Gasteiger partial charge in [0.05, 0.1) is 11.6 Å². The lowest BCUT2D eigenvalue weighted by atomic mass is 9.95. The number of Topliss-reactive ketones (excluding diaryl/α,β-unsaturated/α-hetero) is 1. The first-order valence-corrected chi connectivity index (χ1v) is 9.74. The lowest BCUT2D eigenvalue weighted by molar-refractivity contribution is -0.132. The maximum Gasteiger partial charge on any atom is 0.300 e. The number of ketones is 1. The van der Waals surface area contributed by atoms with Crippen molar-refractivity contribution in [2.45, 2.75) is 26.8 Å². The van der Waals surface area contributed by atoms with E-state index in [-0.39, 0.29) is 11.3 Å². The minimum absolute atomic E-state index is 0.0674. The molecule has 1 N–H and O–H groups in total. The lowest BCUT2D eigenvalue weighted by Gasteiger charge is -2.27. The number of nitrogens with zero attached hydrogens (tertiary/aromatic N) is 2. The SMILES string of the molecule is Cc1ccc(/C(O)=C2\C(=O)C(=O)N(c3cccc(C)c3C)C2c2cccnc2)cc1. The van der Waals surface area contributed by atoms with Gasteiger partial charge >= 0.3 is 0 Å². The lowest BCUT2D eigenvalue weighted by Crippen LogP contribution is -2.30. The number of hydrogen-bond donors (Lipinski definition) is 1. The number of rotatable bonds is 3. The van der Waals surface area contributed by atoms with Crippen LogP contribution < -0.4 is 4.90 Å². The average molecular weight is 398 g/mol. The molecule has 3 aromatic rings. The molecule has 1 saturated heterocycles. The quantitative estimate of drug-likeness (QED) is 0.397. The second-order valence-electron chi connectivity index (χ2n) is 7.54. The largest absolute Gasteiger partial charge is 0.507 e. The van der Waals surface area contributed by atoms with Gasteiger partial charge in [0, 0.05) is 23.6 Å². The summed E-state index contributed by atoms with van der Waals surface area (Å²) in [5, 5.41) is 11.1. The molecular formula is C25H22N2O3. The topological polar surface area (TPSA) is 70.5 Å². The number of aryl methyl sites for hydroxylation is 2. The first kappa shape index (κ1) is 19.6. The van der Waals surface area contributed by atoms with Crippen LogP contribution in [0.5, 0.6) is 0 Å². The zero-order valence-corrected chi connectivity index (χ0v) is 17.1. The summed E-state index contributed by atoms with van der Waals surface area (Å²) in [6, 6.07) is 15.6. The van der Waals surface area contributed by atoms with Crippen molar-refractivity contribution < 1.29 is 14.7 Å². The van der Waals surface area contributed by atoms with Crippen molar-refractivity contribution in [2.24, 2.45) is 0 Å². The fourth-order valence-corrected chi connectivity index (χ4v) is 3.80. The van der Waals surface area contributed by atoms with Gasteiger partial charge in [-0.3, -0.25) is 19.5 Å². The molecule has 150 valence electrons. The highest BCUT2D eigenvalue weighted by Gasteiger charge is 2.47. The Labute approximate surface area is 175 Å². The van der Waals surface area contributed by atoms with E-state index in [4.69, 9.17) is 0 Å². The van der Waals surface area contributed by atoms with Crippen molar-refractivity contribution in [3.05, 3.63) is 100 Å². The van der Waals surface area contributed by atoms with Gasteiger partial charge in [0.1, 0.15) is 5.76 Å². The molecule has 0 radical (unpaired) electrons. The molecule has 1 aromatic heterocycles. The number of aliphatic hydroxyl groups excluding tert-OH is 1. The molecule has 1 fully saturated rings. The van der Waals surface area contributed by atoms with Gasteiger partial charge in [-0.25, -0.2) is 0 Å². The molecule has 1 aliphatic rings. The molecule has 0 bridgehead atoms. The molecule has 1 unspecified atom stereocenters. The second kappa shape index (κ2) is 7.59. The zero-order valence-electron chi connectivity index (χ0n) is 17.1. The predicted octanol–water partition coefficient (Wildman–Crippen LogP) is 4.63. The number of anilines is 1. The van der Waals surface area contributed by atoms with Gasteiger partial charge in [-0.2, -0.15) is 0 Å². The Bertz CT molecular complexity index is 1160. The van der Waals surface area contributed by atoms with Crippen LogP contribution in [0.1, 0.15) is 33.9 Å². The number of benzene rings is 2. The molecular weight excluding hydrogens is 376 g/mol. The van der Waals surface area contributed by atoms with Crippen LogP contribution >= 0.6 is 0 Å². The minimum Gasteiger partial charge on any atom is -0.507 e. The molecule has 2 aromatic carbocycles. The van der Waals surface area contributed by atoms with E-state index >= 15 is 0 Å². The van der Waals surface area contributed by atoms with Crippen molar-refractivity contribution in [1.29, 1.82) is 0 Å². The maximum atomic E-state index is 13.2. The smallest absolute Gasteiger partial charge is 0.300 e. The number of aliphatic hydroxyl groups is 1. The van der Waals surface area contributed by atoms with Crippen molar-refractivity contribution in [1.82, 2.24) is 4.98 Å². The van der Waals surface area contributed by atoms with Crippen molar-refractivity contribution in [2.75, 3.05) is 4.90 Å².